The Morgan fingerprint density at radius 3 is 2.80 bits per heavy atom. The number of halogens is 2. The molecule has 1 N–H and O–H groups in total. The maximum Gasteiger partial charge on any atom is 0.247 e. The van der Waals surface area contributed by atoms with E-state index in [4.69, 9.17) is 11.6 Å². The van der Waals surface area contributed by atoms with Gasteiger partial charge in [0.2, 0.25) is 11.8 Å². The van der Waals surface area contributed by atoms with Crippen molar-refractivity contribution in [1.29, 1.82) is 0 Å². The van der Waals surface area contributed by atoms with E-state index >= 15 is 0 Å². The molecule has 3 rings (SSSR count). The zero-order valence-corrected chi connectivity index (χ0v) is 14.0. The molecule has 2 aromatic carbocycles. The summed E-state index contributed by atoms with van der Waals surface area (Å²) in [6.07, 6.45) is 1.61. The molecule has 1 heterocycles. The van der Waals surface area contributed by atoms with Gasteiger partial charge in [-0.15, -0.1) is 0 Å². The molecule has 0 fully saturated rings. The maximum absolute atomic E-state index is 13.1. The monoisotopic (exact) mass is 359 g/mol. The van der Waals surface area contributed by atoms with Crippen LogP contribution in [0.4, 0.5) is 4.39 Å². The molecule has 5 nitrogen and oxygen atoms in total. The molecular weight excluding hydrogens is 345 g/mol. The molecule has 7 heteroatoms. The number of hydrogen-bond donors (Lipinski definition) is 1. The lowest BCUT2D eigenvalue weighted by molar-refractivity contribution is -0.121. The summed E-state index contributed by atoms with van der Waals surface area (Å²) in [6, 6.07) is 11.1. The Labute approximate surface area is 148 Å². The van der Waals surface area contributed by atoms with Crippen molar-refractivity contribution in [3.63, 3.8) is 0 Å². The lowest BCUT2D eigenvalue weighted by Crippen LogP contribution is -2.24. The number of carbonyl (C=O) groups is 2. The summed E-state index contributed by atoms with van der Waals surface area (Å²) in [7, 11) is 0. The highest BCUT2D eigenvalue weighted by molar-refractivity contribution is 6.31. The van der Waals surface area contributed by atoms with E-state index in [2.05, 4.69) is 10.4 Å². The maximum atomic E-state index is 13.1. The van der Waals surface area contributed by atoms with Crippen LogP contribution in [0.2, 0.25) is 5.02 Å². The fourth-order valence-corrected chi connectivity index (χ4v) is 2.62. The smallest absolute Gasteiger partial charge is 0.247 e. The Bertz CT molecular complexity index is 939. The first kappa shape index (κ1) is 17.1. The Morgan fingerprint density at radius 2 is 2.00 bits per heavy atom. The van der Waals surface area contributed by atoms with Crippen molar-refractivity contribution < 1.29 is 14.0 Å². The largest absolute Gasteiger partial charge is 0.352 e. The molecule has 1 amide bonds. The molecule has 0 unspecified atom stereocenters. The van der Waals surface area contributed by atoms with E-state index < -0.39 is 0 Å². The zero-order valence-electron chi connectivity index (χ0n) is 13.2. The zero-order chi connectivity index (χ0) is 17.8. The topological polar surface area (TPSA) is 64.0 Å². The predicted octanol–water partition coefficient (Wildman–Crippen LogP) is 3.57. The Balaban J connectivity index is 1.56. The van der Waals surface area contributed by atoms with Gasteiger partial charge < -0.3 is 5.32 Å². The highest BCUT2D eigenvalue weighted by Crippen LogP contribution is 2.19. The van der Waals surface area contributed by atoms with Gasteiger partial charge in [0.05, 0.1) is 11.7 Å². The van der Waals surface area contributed by atoms with Crippen molar-refractivity contribution in [3.05, 3.63) is 65.1 Å². The number of nitrogens with one attached hydrogen (secondary N) is 1. The van der Waals surface area contributed by atoms with Crippen LogP contribution in [0.3, 0.4) is 0 Å². The average Bonchev–Trinajstić information content (AvgIpc) is 3.01. The third-order valence-electron chi connectivity index (χ3n) is 3.71. The van der Waals surface area contributed by atoms with Gasteiger partial charge in [-0.25, -0.2) is 9.07 Å². The molecule has 0 saturated heterocycles. The highest BCUT2D eigenvalue weighted by atomic mass is 35.5. The fraction of sp³-hybridized carbons (Fsp3) is 0.167. The number of fused-ring (bicyclic) bond motifs is 1. The number of hydrogen-bond acceptors (Lipinski definition) is 3. The van der Waals surface area contributed by atoms with Gasteiger partial charge >= 0.3 is 0 Å². The van der Waals surface area contributed by atoms with Crippen molar-refractivity contribution in [2.45, 2.75) is 19.4 Å². The summed E-state index contributed by atoms with van der Waals surface area (Å²) < 4.78 is 14.3. The molecule has 1 aromatic heterocycles. The molecule has 3 aromatic rings. The first-order valence-electron chi connectivity index (χ1n) is 7.70. The van der Waals surface area contributed by atoms with E-state index in [9.17, 15) is 14.0 Å². The van der Waals surface area contributed by atoms with Crippen LogP contribution in [0.15, 0.2) is 48.7 Å². The van der Waals surface area contributed by atoms with Crippen molar-refractivity contribution >= 4 is 34.3 Å². The van der Waals surface area contributed by atoms with Crippen molar-refractivity contribution in [3.8, 4) is 0 Å². The Hall–Kier alpha value is -2.73. The van der Waals surface area contributed by atoms with Crippen LogP contribution in [0.5, 0.6) is 0 Å². The minimum Gasteiger partial charge on any atom is -0.352 e. The van der Waals surface area contributed by atoms with Gasteiger partial charge in [0.1, 0.15) is 5.82 Å². The van der Waals surface area contributed by atoms with Gasteiger partial charge in [0.25, 0.3) is 0 Å². The quantitative estimate of drug-likeness (QED) is 0.757. The third kappa shape index (κ3) is 4.22. The molecule has 0 aliphatic rings. The minimum absolute atomic E-state index is 0.0122. The van der Waals surface area contributed by atoms with Crippen LogP contribution < -0.4 is 5.32 Å². The second-order valence-corrected chi connectivity index (χ2v) is 6.00. The van der Waals surface area contributed by atoms with E-state index in [0.29, 0.717) is 16.1 Å². The number of amides is 1. The molecular formula is C18H15ClFN3O2. The molecule has 0 bridgehead atoms. The van der Waals surface area contributed by atoms with Gasteiger partial charge in [-0.05, 0) is 35.9 Å². The lowest BCUT2D eigenvalue weighted by Gasteiger charge is -2.06. The van der Waals surface area contributed by atoms with Crippen LogP contribution in [0, 0.1) is 5.82 Å². The van der Waals surface area contributed by atoms with Crippen LogP contribution in [-0.4, -0.2) is 21.6 Å². The summed E-state index contributed by atoms with van der Waals surface area (Å²) in [5.41, 5.74) is 1.27. The van der Waals surface area contributed by atoms with E-state index in [0.717, 1.165) is 5.39 Å². The second kappa shape index (κ2) is 7.44. The van der Waals surface area contributed by atoms with Gasteiger partial charge in [-0.1, -0.05) is 23.7 Å². The predicted molar refractivity (Wildman–Crippen MR) is 92.9 cm³/mol. The minimum atomic E-state index is -0.355. The Kier molecular flexibility index (Phi) is 5.09. The van der Waals surface area contributed by atoms with Gasteiger partial charge in [0, 0.05) is 29.8 Å². The van der Waals surface area contributed by atoms with Crippen LogP contribution >= 0.6 is 11.6 Å². The van der Waals surface area contributed by atoms with E-state index in [1.807, 2.05) is 0 Å². The van der Waals surface area contributed by atoms with E-state index in [1.165, 1.54) is 16.8 Å². The van der Waals surface area contributed by atoms with Crippen LogP contribution in [0.25, 0.3) is 10.9 Å². The fourth-order valence-electron chi connectivity index (χ4n) is 2.45. The molecule has 128 valence electrons. The molecule has 0 aliphatic carbocycles. The summed E-state index contributed by atoms with van der Waals surface area (Å²) in [4.78, 5) is 24.2. The number of nitrogens with zero attached hydrogens (tertiary/aromatic N) is 2. The highest BCUT2D eigenvalue weighted by Gasteiger charge is 2.13. The number of carbonyl (C=O) groups excluding carboxylic acids is 2. The SMILES string of the molecule is O=C(CCC(=O)n1ncc2ccc(Cl)cc21)NCc1cccc(F)c1. The second-order valence-electron chi connectivity index (χ2n) is 5.56. The summed E-state index contributed by atoms with van der Waals surface area (Å²) in [5, 5.41) is 8.03. The lowest BCUT2D eigenvalue weighted by atomic mass is 10.2. The molecule has 0 spiro atoms. The molecule has 0 radical (unpaired) electrons. The summed E-state index contributed by atoms with van der Waals surface area (Å²) in [6.45, 7) is 0.213. The van der Waals surface area contributed by atoms with Crippen molar-refractivity contribution in [2.24, 2.45) is 0 Å². The van der Waals surface area contributed by atoms with E-state index in [1.54, 1.807) is 36.5 Å². The van der Waals surface area contributed by atoms with Gasteiger partial charge in [-0.3, -0.25) is 9.59 Å². The molecule has 0 saturated carbocycles. The molecule has 0 atom stereocenters. The standard InChI is InChI=1S/C18H15ClFN3O2/c19-14-5-4-13-11-22-23(16(13)9-14)18(25)7-6-17(24)21-10-12-2-1-3-15(20)8-12/h1-5,8-9,11H,6-7,10H2,(H,21,24). The van der Waals surface area contributed by atoms with Gasteiger partial charge in [0.15, 0.2) is 0 Å². The van der Waals surface area contributed by atoms with Crippen LogP contribution in [-0.2, 0) is 11.3 Å². The third-order valence-corrected chi connectivity index (χ3v) is 3.95. The summed E-state index contributed by atoms with van der Waals surface area (Å²) in [5.74, 6) is -0.934. The number of rotatable bonds is 5. The Morgan fingerprint density at radius 1 is 1.16 bits per heavy atom. The normalized spacial score (nSPS) is 10.8. The van der Waals surface area contributed by atoms with Gasteiger partial charge in [-0.2, -0.15) is 5.10 Å². The van der Waals surface area contributed by atoms with Crippen molar-refractivity contribution in [2.75, 3.05) is 0 Å². The first-order valence-corrected chi connectivity index (χ1v) is 8.08. The van der Waals surface area contributed by atoms with E-state index in [-0.39, 0.29) is 37.0 Å². The summed E-state index contributed by atoms with van der Waals surface area (Å²) >= 11 is 5.95. The first-order chi connectivity index (χ1) is 12.0. The van der Waals surface area contributed by atoms with Crippen molar-refractivity contribution in [1.82, 2.24) is 15.1 Å². The number of benzene rings is 2. The van der Waals surface area contributed by atoms with Crippen LogP contribution in [0.1, 0.15) is 23.2 Å². The molecule has 0 aliphatic heterocycles. The average molecular weight is 360 g/mol. The number of aromatic nitrogens is 2. The molecule has 25 heavy (non-hydrogen) atoms.